The van der Waals surface area contributed by atoms with Crippen LogP contribution in [0.5, 0.6) is 5.75 Å². The van der Waals surface area contributed by atoms with Crippen LogP contribution in [0.1, 0.15) is 19.8 Å². The van der Waals surface area contributed by atoms with E-state index in [2.05, 4.69) is 0 Å². The number of hydrogen-bond donors (Lipinski definition) is 0. The SMILES string of the molecule is CCOC(=O)CCC(=O)COc1cccc(Cl)c1. The van der Waals surface area contributed by atoms with Gasteiger partial charge in [0.1, 0.15) is 12.4 Å². The molecule has 0 N–H and O–H groups in total. The molecule has 0 heterocycles. The van der Waals surface area contributed by atoms with Gasteiger partial charge in [-0.2, -0.15) is 0 Å². The van der Waals surface area contributed by atoms with Crippen LogP contribution in [0, 0.1) is 0 Å². The van der Waals surface area contributed by atoms with Crippen molar-refractivity contribution in [3.05, 3.63) is 29.3 Å². The standard InChI is InChI=1S/C13H15ClO4/c1-2-17-13(16)7-6-11(15)9-18-12-5-3-4-10(14)8-12/h3-5,8H,2,6-7,9H2,1H3. The van der Waals surface area contributed by atoms with E-state index in [-0.39, 0.29) is 31.2 Å². The first-order chi connectivity index (χ1) is 8.61. The number of halogens is 1. The molecule has 4 nitrogen and oxygen atoms in total. The number of Topliss-reactive ketones (excluding diaryl/α,β-unsaturated/α-hetero) is 1. The summed E-state index contributed by atoms with van der Waals surface area (Å²) in [6, 6.07) is 6.79. The minimum Gasteiger partial charge on any atom is -0.486 e. The van der Waals surface area contributed by atoms with E-state index in [0.29, 0.717) is 17.4 Å². The summed E-state index contributed by atoms with van der Waals surface area (Å²) in [4.78, 5) is 22.5. The van der Waals surface area contributed by atoms with Crippen LogP contribution in [-0.2, 0) is 14.3 Å². The fourth-order valence-electron chi connectivity index (χ4n) is 1.27. The highest BCUT2D eigenvalue weighted by atomic mass is 35.5. The van der Waals surface area contributed by atoms with Crippen molar-refractivity contribution in [1.29, 1.82) is 0 Å². The van der Waals surface area contributed by atoms with E-state index in [9.17, 15) is 9.59 Å². The van der Waals surface area contributed by atoms with Gasteiger partial charge in [-0.05, 0) is 25.1 Å². The molecule has 0 amide bonds. The Kier molecular flexibility index (Phi) is 6.22. The van der Waals surface area contributed by atoms with Crippen LogP contribution >= 0.6 is 11.6 Å². The Labute approximate surface area is 111 Å². The first kappa shape index (κ1) is 14.5. The predicted octanol–water partition coefficient (Wildman–Crippen LogP) is 2.63. The molecular weight excluding hydrogens is 256 g/mol. The number of ether oxygens (including phenoxy) is 2. The molecule has 5 heteroatoms. The summed E-state index contributed by atoms with van der Waals surface area (Å²) in [5, 5.41) is 0.548. The van der Waals surface area contributed by atoms with E-state index >= 15 is 0 Å². The van der Waals surface area contributed by atoms with Crippen LogP contribution in [0.3, 0.4) is 0 Å². The van der Waals surface area contributed by atoms with Crippen molar-refractivity contribution >= 4 is 23.4 Å². The largest absolute Gasteiger partial charge is 0.486 e. The molecular formula is C13H15ClO4. The maximum absolute atomic E-state index is 11.4. The summed E-state index contributed by atoms with van der Waals surface area (Å²) < 4.78 is 9.98. The van der Waals surface area contributed by atoms with Crippen molar-refractivity contribution in [2.45, 2.75) is 19.8 Å². The molecule has 0 spiro atoms. The topological polar surface area (TPSA) is 52.6 Å². The lowest BCUT2D eigenvalue weighted by atomic mass is 10.2. The first-order valence-electron chi connectivity index (χ1n) is 5.67. The van der Waals surface area contributed by atoms with Crippen molar-refractivity contribution < 1.29 is 19.1 Å². The monoisotopic (exact) mass is 270 g/mol. The minimum atomic E-state index is -0.367. The van der Waals surface area contributed by atoms with E-state index in [1.54, 1.807) is 31.2 Å². The third-order valence-corrected chi connectivity index (χ3v) is 2.34. The van der Waals surface area contributed by atoms with Gasteiger partial charge in [0.25, 0.3) is 0 Å². The molecule has 1 aromatic rings. The third-order valence-electron chi connectivity index (χ3n) is 2.11. The molecule has 0 saturated carbocycles. The molecule has 0 aliphatic heterocycles. The normalized spacial score (nSPS) is 9.89. The van der Waals surface area contributed by atoms with E-state index in [1.165, 1.54) is 0 Å². The summed E-state index contributed by atoms with van der Waals surface area (Å²) in [5.74, 6) is 0.0172. The zero-order valence-corrected chi connectivity index (χ0v) is 10.9. The lowest BCUT2D eigenvalue weighted by Crippen LogP contribution is -2.14. The summed E-state index contributed by atoms with van der Waals surface area (Å²) in [7, 11) is 0. The third kappa shape index (κ3) is 5.68. The number of esters is 1. The minimum absolute atomic E-state index is 0.0697. The van der Waals surface area contributed by atoms with Gasteiger partial charge >= 0.3 is 5.97 Å². The number of hydrogen-bond acceptors (Lipinski definition) is 4. The number of rotatable bonds is 7. The molecule has 0 unspecified atom stereocenters. The number of carbonyl (C=O) groups excluding carboxylic acids is 2. The maximum atomic E-state index is 11.4. The van der Waals surface area contributed by atoms with Gasteiger partial charge in [-0.1, -0.05) is 17.7 Å². The fourth-order valence-corrected chi connectivity index (χ4v) is 1.45. The van der Waals surface area contributed by atoms with Crippen molar-refractivity contribution in [2.24, 2.45) is 0 Å². The van der Waals surface area contributed by atoms with Crippen LogP contribution in [0.4, 0.5) is 0 Å². The highest BCUT2D eigenvalue weighted by Gasteiger charge is 2.08. The Balaban J connectivity index is 2.27. The van der Waals surface area contributed by atoms with Crippen molar-refractivity contribution in [3.63, 3.8) is 0 Å². The van der Waals surface area contributed by atoms with E-state index < -0.39 is 0 Å². The van der Waals surface area contributed by atoms with Crippen LogP contribution in [0.2, 0.25) is 5.02 Å². The van der Waals surface area contributed by atoms with Crippen molar-refractivity contribution in [2.75, 3.05) is 13.2 Å². The van der Waals surface area contributed by atoms with E-state index in [1.807, 2.05) is 0 Å². The molecule has 0 aromatic heterocycles. The highest BCUT2D eigenvalue weighted by Crippen LogP contribution is 2.17. The van der Waals surface area contributed by atoms with Gasteiger partial charge in [-0.25, -0.2) is 0 Å². The molecule has 0 fully saturated rings. The molecule has 0 atom stereocenters. The maximum Gasteiger partial charge on any atom is 0.306 e. The van der Waals surface area contributed by atoms with E-state index in [4.69, 9.17) is 21.1 Å². The van der Waals surface area contributed by atoms with Crippen LogP contribution in [0.25, 0.3) is 0 Å². The molecule has 0 radical (unpaired) electrons. The van der Waals surface area contributed by atoms with E-state index in [0.717, 1.165) is 0 Å². The van der Waals surface area contributed by atoms with Crippen molar-refractivity contribution in [1.82, 2.24) is 0 Å². The second-order valence-corrected chi connectivity index (χ2v) is 4.03. The fraction of sp³-hybridized carbons (Fsp3) is 0.385. The molecule has 98 valence electrons. The molecule has 18 heavy (non-hydrogen) atoms. The lowest BCUT2D eigenvalue weighted by Gasteiger charge is -2.05. The second kappa shape index (κ2) is 7.71. The Bertz CT molecular complexity index is 417. The molecule has 0 aliphatic rings. The van der Waals surface area contributed by atoms with Gasteiger partial charge in [0.05, 0.1) is 13.0 Å². The average Bonchev–Trinajstić information content (AvgIpc) is 2.34. The second-order valence-electron chi connectivity index (χ2n) is 3.59. The molecule has 0 saturated heterocycles. The first-order valence-corrected chi connectivity index (χ1v) is 6.05. The van der Waals surface area contributed by atoms with Gasteiger partial charge in [0, 0.05) is 11.4 Å². The lowest BCUT2D eigenvalue weighted by molar-refractivity contribution is -0.144. The molecule has 1 aromatic carbocycles. The molecule has 1 rings (SSSR count). The van der Waals surface area contributed by atoms with Crippen molar-refractivity contribution in [3.8, 4) is 5.75 Å². The molecule has 0 bridgehead atoms. The van der Waals surface area contributed by atoms with Gasteiger partial charge < -0.3 is 9.47 Å². The van der Waals surface area contributed by atoms with Gasteiger partial charge in [-0.3, -0.25) is 9.59 Å². The average molecular weight is 271 g/mol. The van der Waals surface area contributed by atoms with Gasteiger partial charge in [0.2, 0.25) is 0 Å². The summed E-state index contributed by atoms with van der Waals surface area (Å²) in [6.07, 6.45) is 0.213. The van der Waals surface area contributed by atoms with Crippen LogP contribution in [0.15, 0.2) is 24.3 Å². The quantitative estimate of drug-likeness (QED) is 0.715. The molecule has 0 aliphatic carbocycles. The smallest absolute Gasteiger partial charge is 0.306 e. The predicted molar refractivity (Wildman–Crippen MR) is 67.8 cm³/mol. The van der Waals surface area contributed by atoms with Crippen LogP contribution < -0.4 is 4.74 Å². The van der Waals surface area contributed by atoms with Gasteiger partial charge in [-0.15, -0.1) is 0 Å². The van der Waals surface area contributed by atoms with Gasteiger partial charge in [0.15, 0.2) is 5.78 Å². The zero-order valence-electron chi connectivity index (χ0n) is 10.1. The summed E-state index contributed by atoms with van der Waals surface area (Å²) in [5.41, 5.74) is 0. The Morgan fingerprint density at radius 3 is 2.72 bits per heavy atom. The number of carbonyl (C=O) groups is 2. The Morgan fingerprint density at radius 2 is 2.06 bits per heavy atom. The Morgan fingerprint density at radius 1 is 1.28 bits per heavy atom. The summed E-state index contributed by atoms with van der Waals surface area (Å²) in [6.45, 7) is 1.98. The number of benzene rings is 1. The highest BCUT2D eigenvalue weighted by molar-refractivity contribution is 6.30. The number of ketones is 1. The summed E-state index contributed by atoms with van der Waals surface area (Å²) >= 11 is 5.77. The Hall–Kier alpha value is -1.55. The zero-order chi connectivity index (χ0) is 13.4. The van der Waals surface area contributed by atoms with Crippen LogP contribution in [-0.4, -0.2) is 25.0 Å².